The molecule has 0 saturated carbocycles. The fourth-order valence-electron chi connectivity index (χ4n) is 3.79. The first-order valence-corrected chi connectivity index (χ1v) is 10.6. The molecule has 1 aromatic heterocycles. The standard InChI is InChI=1S/C22H27N5O4/c1-3-30-18-7-5-17(6-8-18)27-13-12-26(22(27)29)15-21(28)25-11-10-19(14-25)31-20-9-4-16(2)23-24-20/h4-9,19H,3,10-15H2,1-2H3. The molecule has 2 fully saturated rings. The van der Waals surface area contributed by atoms with Crippen molar-refractivity contribution in [3.8, 4) is 11.6 Å². The van der Waals surface area contributed by atoms with Gasteiger partial charge >= 0.3 is 6.03 Å². The van der Waals surface area contributed by atoms with Gasteiger partial charge in [0.2, 0.25) is 11.8 Å². The van der Waals surface area contributed by atoms with Crippen LogP contribution in [0.4, 0.5) is 10.5 Å². The summed E-state index contributed by atoms with van der Waals surface area (Å²) in [6, 6.07) is 10.9. The van der Waals surface area contributed by atoms with Gasteiger partial charge in [0.15, 0.2) is 0 Å². The van der Waals surface area contributed by atoms with Crippen LogP contribution in [0.5, 0.6) is 11.6 Å². The summed E-state index contributed by atoms with van der Waals surface area (Å²) in [4.78, 5) is 30.6. The molecule has 0 spiro atoms. The lowest BCUT2D eigenvalue weighted by Gasteiger charge is -2.22. The molecule has 2 aliphatic rings. The van der Waals surface area contributed by atoms with Gasteiger partial charge in [-0.15, -0.1) is 5.10 Å². The van der Waals surface area contributed by atoms with Crippen LogP contribution >= 0.6 is 0 Å². The van der Waals surface area contributed by atoms with Gasteiger partial charge < -0.3 is 19.3 Å². The number of carbonyl (C=O) groups excluding carboxylic acids is 2. The van der Waals surface area contributed by atoms with Crippen molar-refractivity contribution in [2.24, 2.45) is 0 Å². The smallest absolute Gasteiger partial charge is 0.325 e. The number of aryl methyl sites for hydroxylation is 1. The Kier molecular flexibility index (Phi) is 6.20. The van der Waals surface area contributed by atoms with Crippen molar-refractivity contribution in [1.29, 1.82) is 0 Å². The van der Waals surface area contributed by atoms with E-state index in [1.165, 1.54) is 0 Å². The molecule has 0 bridgehead atoms. The number of likely N-dealkylation sites (tertiary alicyclic amines) is 1. The van der Waals surface area contributed by atoms with Crippen molar-refractivity contribution >= 4 is 17.6 Å². The van der Waals surface area contributed by atoms with Crippen molar-refractivity contribution in [3.05, 3.63) is 42.1 Å². The van der Waals surface area contributed by atoms with Gasteiger partial charge in [0.1, 0.15) is 18.4 Å². The van der Waals surface area contributed by atoms with E-state index < -0.39 is 0 Å². The summed E-state index contributed by atoms with van der Waals surface area (Å²) in [7, 11) is 0. The van der Waals surface area contributed by atoms with Gasteiger partial charge in [-0.3, -0.25) is 9.69 Å². The van der Waals surface area contributed by atoms with Crippen LogP contribution in [-0.4, -0.2) is 77.4 Å². The predicted molar refractivity (Wildman–Crippen MR) is 114 cm³/mol. The van der Waals surface area contributed by atoms with E-state index in [1.807, 2.05) is 44.2 Å². The molecular weight excluding hydrogens is 398 g/mol. The molecule has 2 aromatic rings. The third-order valence-corrected chi connectivity index (χ3v) is 5.44. The fourth-order valence-corrected chi connectivity index (χ4v) is 3.79. The average Bonchev–Trinajstić information content (AvgIpc) is 3.38. The Balaban J connectivity index is 1.29. The zero-order valence-corrected chi connectivity index (χ0v) is 17.9. The zero-order valence-electron chi connectivity index (χ0n) is 17.9. The maximum atomic E-state index is 12.8. The Morgan fingerprint density at radius 3 is 2.61 bits per heavy atom. The molecule has 0 aliphatic carbocycles. The first-order chi connectivity index (χ1) is 15.0. The number of hydrogen-bond donors (Lipinski definition) is 0. The van der Waals surface area contributed by atoms with Gasteiger partial charge in [-0.05, 0) is 44.2 Å². The van der Waals surface area contributed by atoms with E-state index in [4.69, 9.17) is 9.47 Å². The van der Waals surface area contributed by atoms with Crippen molar-refractivity contribution in [1.82, 2.24) is 20.0 Å². The molecule has 4 rings (SSSR count). The molecule has 31 heavy (non-hydrogen) atoms. The minimum Gasteiger partial charge on any atom is -0.494 e. The Morgan fingerprint density at radius 1 is 1.10 bits per heavy atom. The van der Waals surface area contributed by atoms with E-state index in [2.05, 4.69) is 10.2 Å². The van der Waals surface area contributed by atoms with Gasteiger partial charge in [0.25, 0.3) is 0 Å². The van der Waals surface area contributed by atoms with Crippen LogP contribution in [0.15, 0.2) is 36.4 Å². The molecule has 0 radical (unpaired) electrons. The Labute approximate surface area is 181 Å². The van der Waals surface area contributed by atoms with E-state index in [-0.39, 0.29) is 24.6 Å². The predicted octanol–water partition coefficient (Wildman–Crippen LogP) is 2.11. The molecule has 1 aromatic carbocycles. The average molecular weight is 425 g/mol. The number of hydrogen-bond acceptors (Lipinski definition) is 6. The molecule has 1 atom stereocenters. The largest absolute Gasteiger partial charge is 0.494 e. The zero-order chi connectivity index (χ0) is 21.8. The number of nitrogens with zero attached hydrogens (tertiary/aromatic N) is 5. The van der Waals surface area contributed by atoms with E-state index in [9.17, 15) is 9.59 Å². The quantitative estimate of drug-likeness (QED) is 0.675. The molecule has 3 heterocycles. The van der Waals surface area contributed by atoms with Gasteiger partial charge in [-0.2, -0.15) is 5.10 Å². The van der Waals surface area contributed by atoms with E-state index >= 15 is 0 Å². The molecule has 164 valence electrons. The van der Waals surface area contributed by atoms with Crippen LogP contribution in [-0.2, 0) is 4.79 Å². The van der Waals surface area contributed by atoms with Crippen molar-refractivity contribution in [3.63, 3.8) is 0 Å². The highest BCUT2D eigenvalue weighted by Gasteiger charge is 2.34. The van der Waals surface area contributed by atoms with Crippen LogP contribution in [0.25, 0.3) is 0 Å². The van der Waals surface area contributed by atoms with Gasteiger partial charge in [0, 0.05) is 37.8 Å². The minimum atomic E-state index is -0.153. The van der Waals surface area contributed by atoms with Crippen LogP contribution < -0.4 is 14.4 Å². The SMILES string of the molecule is CCOc1ccc(N2CCN(CC(=O)N3CCC(Oc4ccc(C)nn4)C3)C2=O)cc1. The molecule has 2 aliphatic heterocycles. The number of anilines is 1. The van der Waals surface area contributed by atoms with E-state index in [1.54, 1.807) is 20.8 Å². The third kappa shape index (κ3) is 4.87. The second kappa shape index (κ2) is 9.20. The number of aromatic nitrogens is 2. The summed E-state index contributed by atoms with van der Waals surface area (Å²) >= 11 is 0. The van der Waals surface area contributed by atoms with Crippen LogP contribution in [0.2, 0.25) is 0 Å². The van der Waals surface area contributed by atoms with Crippen LogP contribution in [0.3, 0.4) is 0 Å². The number of amides is 3. The lowest BCUT2D eigenvalue weighted by atomic mass is 10.3. The van der Waals surface area contributed by atoms with Crippen molar-refractivity contribution < 1.29 is 19.1 Å². The number of ether oxygens (including phenoxy) is 2. The van der Waals surface area contributed by atoms with Gasteiger partial charge in [-0.1, -0.05) is 0 Å². The van der Waals surface area contributed by atoms with E-state index in [0.717, 1.165) is 23.6 Å². The molecular formula is C22H27N5O4. The first kappa shape index (κ1) is 20.9. The van der Waals surface area contributed by atoms with Gasteiger partial charge in [0.05, 0.1) is 18.8 Å². The minimum absolute atomic E-state index is 0.0667. The molecule has 9 heteroatoms. The molecule has 0 N–H and O–H groups in total. The highest BCUT2D eigenvalue weighted by molar-refractivity contribution is 5.96. The summed E-state index contributed by atoms with van der Waals surface area (Å²) < 4.78 is 11.3. The number of urea groups is 1. The third-order valence-electron chi connectivity index (χ3n) is 5.44. The summed E-state index contributed by atoms with van der Waals surface area (Å²) in [5.41, 5.74) is 1.63. The summed E-state index contributed by atoms with van der Waals surface area (Å²) in [6.07, 6.45) is 0.615. The second-order valence-electron chi connectivity index (χ2n) is 7.66. The van der Waals surface area contributed by atoms with Crippen LogP contribution in [0, 0.1) is 6.92 Å². The normalized spacial score (nSPS) is 18.6. The van der Waals surface area contributed by atoms with Crippen molar-refractivity contribution in [2.75, 3.05) is 44.2 Å². The molecule has 1 unspecified atom stereocenters. The molecule has 3 amide bonds. The monoisotopic (exact) mass is 425 g/mol. The summed E-state index contributed by atoms with van der Waals surface area (Å²) in [6.45, 7) is 6.62. The lowest BCUT2D eigenvalue weighted by molar-refractivity contribution is -0.130. The van der Waals surface area contributed by atoms with Crippen LogP contribution in [0.1, 0.15) is 19.0 Å². The Morgan fingerprint density at radius 2 is 1.90 bits per heavy atom. The topological polar surface area (TPSA) is 88.1 Å². The maximum absolute atomic E-state index is 12.8. The lowest BCUT2D eigenvalue weighted by Crippen LogP contribution is -2.42. The van der Waals surface area contributed by atoms with Gasteiger partial charge in [-0.25, -0.2) is 4.79 Å². The van der Waals surface area contributed by atoms with E-state index in [0.29, 0.717) is 38.7 Å². The highest BCUT2D eigenvalue weighted by Crippen LogP contribution is 2.24. The Hall–Kier alpha value is -3.36. The summed E-state index contributed by atoms with van der Waals surface area (Å²) in [5, 5.41) is 8.00. The maximum Gasteiger partial charge on any atom is 0.325 e. The fraction of sp³-hybridized carbons (Fsp3) is 0.455. The van der Waals surface area contributed by atoms with Crippen molar-refractivity contribution in [2.45, 2.75) is 26.4 Å². The first-order valence-electron chi connectivity index (χ1n) is 10.6. The number of carbonyl (C=O) groups is 2. The second-order valence-corrected chi connectivity index (χ2v) is 7.66. The summed E-state index contributed by atoms with van der Waals surface area (Å²) in [5.74, 6) is 1.17. The molecule has 9 nitrogen and oxygen atoms in total. The Bertz CT molecular complexity index is 919. The molecule has 2 saturated heterocycles. The number of benzene rings is 1. The highest BCUT2D eigenvalue weighted by atomic mass is 16.5. The number of rotatable bonds is 7.